The van der Waals surface area contributed by atoms with Crippen molar-refractivity contribution in [3.63, 3.8) is 0 Å². The van der Waals surface area contributed by atoms with Gasteiger partial charge in [0.05, 0.1) is 22.1 Å². The summed E-state index contributed by atoms with van der Waals surface area (Å²) in [4.78, 5) is 27.5. The third-order valence-electron chi connectivity index (χ3n) is 10.4. The second-order valence-electron chi connectivity index (χ2n) is 12.8. The largest absolute Gasteiger partial charge is 0.275 e. The fraction of sp³-hybridized carbons (Fsp3) is 0. The number of fused-ring (bicyclic) bond motifs is 10. The van der Waals surface area contributed by atoms with Crippen LogP contribution in [-0.2, 0) is 0 Å². The molecule has 0 atom stereocenters. The van der Waals surface area contributed by atoms with Crippen molar-refractivity contribution in [2.75, 3.05) is 0 Å². The van der Waals surface area contributed by atoms with Crippen LogP contribution in [0.1, 0.15) is 0 Å². The maximum absolute atomic E-state index is 13.7. The average molecular weight is 613 g/mol. The number of rotatable bonds is 2. The molecule has 222 valence electrons. The molecule has 0 saturated carbocycles. The van der Waals surface area contributed by atoms with Crippen LogP contribution in [0.3, 0.4) is 0 Å². The van der Waals surface area contributed by atoms with Gasteiger partial charge in [-0.15, -0.1) is 0 Å². The zero-order valence-electron chi connectivity index (χ0n) is 25.6. The summed E-state index contributed by atoms with van der Waals surface area (Å²) in [6.07, 6.45) is 0. The molecule has 4 aromatic heterocycles. The van der Waals surface area contributed by atoms with Crippen molar-refractivity contribution in [2.24, 2.45) is 0 Å². The number of hydrogen-bond donors (Lipinski definition) is 0. The molecule has 48 heavy (non-hydrogen) atoms. The Morgan fingerprint density at radius 2 is 0.604 bits per heavy atom. The number of benzene rings is 7. The smallest absolute Gasteiger partial charge is 0.263 e. The molecular formula is C44H24N2O2. The average Bonchev–Trinajstić information content (AvgIpc) is 3.67. The third-order valence-corrected chi connectivity index (χ3v) is 10.4. The molecule has 0 aliphatic carbocycles. The lowest BCUT2D eigenvalue weighted by molar-refractivity contribution is 1.21. The third kappa shape index (κ3) is 3.18. The van der Waals surface area contributed by atoms with Crippen molar-refractivity contribution in [3.8, 4) is 22.3 Å². The predicted molar refractivity (Wildman–Crippen MR) is 199 cm³/mol. The van der Waals surface area contributed by atoms with E-state index in [1.807, 2.05) is 81.6 Å². The molecule has 0 fully saturated rings. The van der Waals surface area contributed by atoms with Crippen LogP contribution in [-0.4, -0.2) is 8.80 Å². The topological polar surface area (TPSA) is 43.0 Å². The highest BCUT2D eigenvalue weighted by Crippen LogP contribution is 2.40. The molecule has 0 aliphatic rings. The van der Waals surface area contributed by atoms with Crippen molar-refractivity contribution in [1.29, 1.82) is 0 Å². The van der Waals surface area contributed by atoms with Crippen molar-refractivity contribution in [1.82, 2.24) is 8.80 Å². The van der Waals surface area contributed by atoms with E-state index in [0.29, 0.717) is 0 Å². The summed E-state index contributed by atoms with van der Waals surface area (Å²) in [5.41, 5.74) is 8.29. The van der Waals surface area contributed by atoms with Gasteiger partial charge in [0.2, 0.25) is 0 Å². The molecule has 0 N–H and O–H groups in total. The SMILES string of the molecule is O=c1c2ccccc2c2cc(-c3ccc(-c4cc5c6ccccc6c(=O)n6c7ccccc7c(c4)c56)cc3)cc3c4ccccc4n1c23. The van der Waals surface area contributed by atoms with Gasteiger partial charge in [0, 0.05) is 43.1 Å². The highest BCUT2D eigenvalue weighted by Gasteiger charge is 2.20. The first-order chi connectivity index (χ1) is 23.7. The fourth-order valence-electron chi connectivity index (χ4n) is 8.27. The molecule has 0 bridgehead atoms. The lowest BCUT2D eigenvalue weighted by Crippen LogP contribution is -2.12. The van der Waals surface area contributed by atoms with E-state index in [2.05, 4.69) is 72.8 Å². The van der Waals surface area contributed by atoms with Gasteiger partial charge in [-0.05, 0) is 81.6 Å². The van der Waals surface area contributed by atoms with Gasteiger partial charge in [-0.2, -0.15) is 0 Å². The van der Waals surface area contributed by atoms with E-state index in [0.717, 1.165) is 98.2 Å². The molecule has 4 heteroatoms. The quantitative estimate of drug-likeness (QED) is 0.182. The van der Waals surface area contributed by atoms with E-state index < -0.39 is 0 Å². The maximum Gasteiger partial charge on any atom is 0.263 e. The second kappa shape index (κ2) is 9.05. The summed E-state index contributed by atoms with van der Waals surface area (Å²) in [5.74, 6) is 0. The number of para-hydroxylation sites is 2. The van der Waals surface area contributed by atoms with E-state index in [4.69, 9.17) is 0 Å². The first kappa shape index (κ1) is 25.6. The Labute approximate surface area is 272 Å². The molecule has 11 rings (SSSR count). The number of aromatic nitrogens is 2. The normalized spacial score (nSPS) is 12.3. The van der Waals surface area contributed by atoms with Crippen molar-refractivity contribution >= 4 is 75.9 Å². The number of nitrogens with zero attached hydrogens (tertiary/aromatic N) is 2. The van der Waals surface area contributed by atoms with E-state index in [1.165, 1.54) is 0 Å². The zero-order valence-corrected chi connectivity index (χ0v) is 25.6. The second-order valence-corrected chi connectivity index (χ2v) is 12.8. The molecule has 0 amide bonds. The Morgan fingerprint density at radius 1 is 0.292 bits per heavy atom. The summed E-state index contributed by atoms with van der Waals surface area (Å²) >= 11 is 0. The Morgan fingerprint density at radius 3 is 1.00 bits per heavy atom. The van der Waals surface area contributed by atoms with Crippen LogP contribution in [0.5, 0.6) is 0 Å². The van der Waals surface area contributed by atoms with Crippen LogP contribution in [0, 0.1) is 0 Å². The van der Waals surface area contributed by atoms with Crippen LogP contribution in [0.2, 0.25) is 0 Å². The van der Waals surface area contributed by atoms with Gasteiger partial charge >= 0.3 is 0 Å². The van der Waals surface area contributed by atoms with E-state index in [1.54, 1.807) is 0 Å². The van der Waals surface area contributed by atoms with Crippen LogP contribution >= 0.6 is 0 Å². The van der Waals surface area contributed by atoms with Gasteiger partial charge in [0.1, 0.15) is 0 Å². The lowest BCUT2D eigenvalue weighted by Gasteiger charge is -2.11. The molecule has 0 spiro atoms. The minimum absolute atomic E-state index is 0.0208. The van der Waals surface area contributed by atoms with Crippen LogP contribution < -0.4 is 11.1 Å². The summed E-state index contributed by atoms with van der Waals surface area (Å²) in [6.45, 7) is 0. The van der Waals surface area contributed by atoms with E-state index in [-0.39, 0.29) is 11.1 Å². The summed E-state index contributed by atoms with van der Waals surface area (Å²) < 4.78 is 3.78. The molecule has 0 aliphatic heterocycles. The number of pyridine rings is 2. The minimum atomic E-state index is 0.0208. The van der Waals surface area contributed by atoms with Crippen LogP contribution in [0.25, 0.3) is 98.2 Å². The van der Waals surface area contributed by atoms with Crippen molar-refractivity contribution in [2.45, 2.75) is 0 Å². The van der Waals surface area contributed by atoms with Crippen LogP contribution in [0.15, 0.2) is 155 Å². The van der Waals surface area contributed by atoms with Gasteiger partial charge in [0.25, 0.3) is 11.1 Å². The maximum atomic E-state index is 13.7. The number of hydrogen-bond acceptors (Lipinski definition) is 2. The molecule has 0 radical (unpaired) electrons. The Balaban J connectivity index is 1.15. The minimum Gasteiger partial charge on any atom is -0.275 e. The van der Waals surface area contributed by atoms with Gasteiger partial charge in [-0.25, -0.2) is 0 Å². The van der Waals surface area contributed by atoms with E-state index in [9.17, 15) is 9.59 Å². The molecule has 4 nitrogen and oxygen atoms in total. The Bertz CT molecular complexity index is 3040. The first-order valence-corrected chi connectivity index (χ1v) is 16.2. The first-order valence-electron chi connectivity index (χ1n) is 16.2. The molecule has 4 heterocycles. The monoisotopic (exact) mass is 612 g/mol. The predicted octanol–water partition coefficient (Wildman–Crippen LogP) is 10.0. The molecule has 0 saturated heterocycles. The van der Waals surface area contributed by atoms with Crippen LogP contribution in [0.4, 0.5) is 0 Å². The van der Waals surface area contributed by atoms with Crippen molar-refractivity contribution in [3.05, 3.63) is 166 Å². The standard InChI is InChI=1S/C44H24N2O2/c47-43-33-13-3-1-9-29(33)35-21-27(23-37-31-11-5-7-15-39(31)45(43)41(35)37)25-17-19-26(20-18-25)28-22-36-30-10-2-4-14-34(30)44(48)46-40-16-8-6-12-32(40)38(24-28)42(36)46/h1-24H. The Hall–Kier alpha value is -6.52. The zero-order chi connectivity index (χ0) is 31.7. The van der Waals surface area contributed by atoms with Gasteiger partial charge in [-0.3, -0.25) is 18.4 Å². The van der Waals surface area contributed by atoms with Crippen molar-refractivity contribution < 1.29 is 0 Å². The highest BCUT2D eigenvalue weighted by atomic mass is 16.1. The van der Waals surface area contributed by atoms with Gasteiger partial charge in [-0.1, -0.05) is 97.1 Å². The lowest BCUT2D eigenvalue weighted by atomic mass is 9.94. The van der Waals surface area contributed by atoms with Gasteiger partial charge in [0.15, 0.2) is 0 Å². The fourth-order valence-corrected chi connectivity index (χ4v) is 8.27. The Kier molecular flexibility index (Phi) is 4.84. The molecule has 11 aromatic rings. The van der Waals surface area contributed by atoms with E-state index >= 15 is 0 Å². The summed E-state index contributed by atoms with van der Waals surface area (Å²) in [7, 11) is 0. The molecule has 0 unspecified atom stereocenters. The van der Waals surface area contributed by atoms with Gasteiger partial charge < -0.3 is 0 Å². The molecule has 7 aromatic carbocycles. The summed E-state index contributed by atoms with van der Waals surface area (Å²) in [5, 5.41) is 9.87. The highest BCUT2D eigenvalue weighted by molar-refractivity contribution is 6.23. The summed E-state index contributed by atoms with van der Waals surface area (Å²) in [6, 6.07) is 49.9. The molecular weight excluding hydrogens is 588 g/mol.